The number of aromatic nitrogens is 3. The van der Waals surface area contributed by atoms with Gasteiger partial charge in [0.2, 0.25) is 0 Å². The highest BCUT2D eigenvalue weighted by atomic mass is 16.1. The lowest BCUT2D eigenvalue weighted by atomic mass is 9.81. The molecule has 1 unspecified atom stereocenters. The fourth-order valence-electron chi connectivity index (χ4n) is 1.31. The number of rotatable bonds is 5. The second-order valence-corrected chi connectivity index (χ2v) is 4.10. The number of Topliss-reactive ketones (excluding diaryl/α,β-unsaturated/α-hetero) is 1. The quantitative estimate of drug-likeness (QED) is 0.758. The van der Waals surface area contributed by atoms with E-state index >= 15 is 0 Å². The van der Waals surface area contributed by atoms with Gasteiger partial charge in [-0.15, -0.1) is 5.10 Å². The van der Waals surface area contributed by atoms with Gasteiger partial charge in [0.1, 0.15) is 5.78 Å². The lowest BCUT2D eigenvalue weighted by Crippen LogP contribution is -2.36. The van der Waals surface area contributed by atoms with Crippen LogP contribution in [0.1, 0.15) is 26.0 Å². The summed E-state index contributed by atoms with van der Waals surface area (Å²) in [4.78, 5) is 11.9. The van der Waals surface area contributed by atoms with Gasteiger partial charge in [0.05, 0.1) is 12.1 Å². The highest BCUT2D eigenvalue weighted by Gasteiger charge is 2.29. The van der Waals surface area contributed by atoms with Crippen LogP contribution in [0.5, 0.6) is 0 Å². The van der Waals surface area contributed by atoms with Crippen molar-refractivity contribution in [2.45, 2.75) is 26.7 Å². The molecule has 0 radical (unpaired) electrons. The number of carbonyl (C=O) groups excluding carboxylic acids is 1. The second kappa shape index (κ2) is 4.53. The predicted octanol–water partition coefficient (Wildman–Crippen LogP) is 0.302. The zero-order valence-corrected chi connectivity index (χ0v) is 9.53. The highest BCUT2D eigenvalue weighted by Crippen LogP contribution is 2.22. The van der Waals surface area contributed by atoms with Gasteiger partial charge in [0.25, 0.3) is 0 Å². The maximum absolute atomic E-state index is 11.9. The molecular formula is C10H18N4O. The first-order valence-electron chi connectivity index (χ1n) is 5.10. The third kappa shape index (κ3) is 2.62. The predicted molar refractivity (Wildman–Crippen MR) is 57.2 cm³/mol. The smallest absolute Gasteiger partial charge is 0.146 e. The molecule has 0 aliphatic carbocycles. The minimum atomic E-state index is -0.433. The number of hydrogen-bond acceptors (Lipinski definition) is 4. The molecule has 1 rings (SSSR count). The molecule has 15 heavy (non-hydrogen) atoms. The van der Waals surface area contributed by atoms with Crippen LogP contribution in [0.3, 0.4) is 0 Å². The average Bonchev–Trinajstić information content (AvgIpc) is 2.62. The molecule has 1 heterocycles. The van der Waals surface area contributed by atoms with Crippen LogP contribution in [-0.4, -0.2) is 27.3 Å². The molecule has 0 bridgehead atoms. The van der Waals surface area contributed by atoms with Crippen LogP contribution in [0.4, 0.5) is 0 Å². The lowest BCUT2D eigenvalue weighted by Gasteiger charge is -2.23. The summed E-state index contributed by atoms with van der Waals surface area (Å²) in [5, 5.41) is 7.68. The van der Waals surface area contributed by atoms with Crippen molar-refractivity contribution in [2.75, 3.05) is 6.54 Å². The van der Waals surface area contributed by atoms with E-state index in [0.717, 1.165) is 6.42 Å². The number of nitrogens with zero attached hydrogens (tertiary/aromatic N) is 3. The minimum Gasteiger partial charge on any atom is -0.329 e. The van der Waals surface area contributed by atoms with Crippen LogP contribution >= 0.6 is 0 Å². The van der Waals surface area contributed by atoms with Gasteiger partial charge in [-0.3, -0.25) is 9.48 Å². The number of aryl methyl sites for hydroxylation is 1. The molecule has 84 valence electrons. The van der Waals surface area contributed by atoms with Crippen molar-refractivity contribution in [1.29, 1.82) is 0 Å². The van der Waals surface area contributed by atoms with Gasteiger partial charge < -0.3 is 5.73 Å². The SMILES string of the molecule is CCC(C)(CN)C(=O)Cc1cn(C)nn1. The molecular weight excluding hydrogens is 192 g/mol. The largest absolute Gasteiger partial charge is 0.329 e. The first-order valence-corrected chi connectivity index (χ1v) is 5.10. The van der Waals surface area contributed by atoms with Crippen molar-refractivity contribution in [1.82, 2.24) is 15.0 Å². The first-order chi connectivity index (χ1) is 7.01. The summed E-state index contributed by atoms with van der Waals surface area (Å²) in [5.41, 5.74) is 5.89. The molecule has 1 atom stereocenters. The Labute approximate surface area is 89.6 Å². The third-order valence-corrected chi connectivity index (χ3v) is 2.90. The van der Waals surface area contributed by atoms with Gasteiger partial charge in [-0.1, -0.05) is 19.1 Å². The Morgan fingerprint density at radius 2 is 2.33 bits per heavy atom. The summed E-state index contributed by atoms with van der Waals surface area (Å²) < 4.78 is 1.59. The Hall–Kier alpha value is -1.23. The van der Waals surface area contributed by atoms with E-state index in [1.54, 1.807) is 17.9 Å². The summed E-state index contributed by atoms with van der Waals surface area (Å²) in [7, 11) is 1.78. The molecule has 0 aliphatic rings. The first kappa shape index (κ1) is 11.8. The highest BCUT2D eigenvalue weighted by molar-refractivity contribution is 5.86. The molecule has 5 nitrogen and oxygen atoms in total. The Kier molecular flexibility index (Phi) is 3.57. The zero-order valence-electron chi connectivity index (χ0n) is 9.53. The van der Waals surface area contributed by atoms with Gasteiger partial charge >= 0.3 is 0 Å². The van der Waals surface area contributed by atoms with E-state index in [1.165, 1.54) is 0 Å². The number of carbonyl (C=O) groups is 1. The summed E-state index contributed by atoms with van der Waals surface area (Å²) in [6.45, 7) is 4.25. The van der Waals surface area contributed by atoms with E-state index in [1.807, 2.05) is 13.8 Å². The van der Waals surface area contributed by atoms with Crippen LogP contribution < -0.4 is 5.73 Å². The molecule has 0 aliphatic heterocycles. The van der Waals surface area contributed by atoms with Crippen molar-refractivity contribution in [3.05, 3.63) is 11.9 Å². The van der Waals surface area contributed by atoms with Crippen LogP contribution in [0.25, 0.3) is 0 Å². The van der Waals surface area contributed by atoms with E-state index in [-0.39, 0.29) is 5.78 Å². The summed E-state index contributed by atoms with van der Waals surface area (Å²) >= 11 is 0. The van der Waals surface area contributed by atoms with Gasteiger partial charge in [-0.05, 0) is 6.42 Å². The van der Waals surface area contributed by atoms with Gasteiger partial charge in [-0.2, -0.15) is 0 Å². The van der Waals surface area contributed by atoms with Crippen molar-refractivity contribution < 1.29 is 4.79 Å². The average molecular weight is 210 g/mol. The normalized spacial score (nSPS) is 14.9. The summed E-state index contributed by atoms with van der Waals surface area (Å²) in [5.74, 6) is 0.132. The molecule has 1 aromatic heterocycles. The molecule has 5 heteroatoms. The summed E-state index contributed by atoms with van der Waals surface area (Å²) in [6, 6.07) is 0. The minimum absolute atomic E-state index is 0.132. The molecule has 1 aromatic rings. The Balaban J connectivity index is 2.70. The topological polar surface area (TPSA) is 73.8 Å². The molecule has 0 fully saturated rings. The second-order valence-electron chi connectivity index (χ2n) is 4.10. The zero-order chi connectivity index (χ0) is 11.5. The van der Waals surface area contributed by atoms with Crippen molar-refractivity contribution in [3.8, 4) is 0 Å². The Bertz CT molecular complexity index is 341. The lowest BCUT2D eigenvalue weighted by molar-refractivity contribution is -0.127. The van der Waals surface area contributed by atoms with Crippen molar-refractivity contribution >= 4 is 5.78 Å². The van der Waals surface area contributed by atoms with E-state index in [0.29, 0.717) is 18.7 Å². The van der Waals surface area contributed by atoms with E-state index in [9.17, 15) is 4.79 Å². The van der Waals surface area contributed by atoms with Crippen LogP contribution in [0.2, 0.25) is 0 Å². The van der Waals surface area contributed by atoms with Crippen LogP contribution in [-0.2, 0) is 18.3 Å². The maximum Gasteiger partial charge on any atom is 0.146 e. The fraction of sp³-hybridized carbons (Fsp3) is 0.700. The van der Waals surface area contributed by atoms with Gasteiger partial charge in [0, 0.05) is 25.2 Å². The Morgan fingerprint density at radius 1 is 1.67 bits per heavy atom. The molecule has 0 aromatic carbocycles. The maximum atomic E-state index is 11.9. The van der Waals surface area contributed by atoms with Gasteiger partial charge in [-0.25, -0.2) is 0 Å². The number of hydrogen-bond donors (Lipinski definition) is 1. The fourth-order valence-corrected chi connectivity index (χ4v) is 1.31. The molecule has 0 saturated carbocycles. The standard InChI is InChI=1S/C10H18N4O/c1-4-10(2,7-11)9(15)5-8-6-14(3)13-12-8/h6H,4-5,7,11H2,1-3H3. The molecule has 0 amide bonds. The van der Waals surface area contributed by atoms with E-state index in [2.05, 4.69) is 10.3 Å². The number of nitrogens with two attached hydrogens (primary N) is 1. The number of ketones is 1. The third-order valence-electron chi connectivity index (χ3n) is 2.90. The molecule has 0 spiro atoms. The molecule has 0 saturated heterocycles. The van der Waals surface area contributed by atoms with E-state index < -0.39 is 5.41 Å². The van der Waals surface area contributed by atoms with Crippen LogP contribution in [0, 0.1) is 5.41 Å². The molecule has 2 N–H and O–H groups in total. The van der Waals surface area contributed by atoms with Gasteiger partial charge in [0.15, 0.2) is 0 Å². The van der Waals surface area contributed by atoms with Crippen LogP contribution in [0.15, 0.2) is 6.20 Å². The van der Waals surface area contributed by atoms with E-state index in [4.69, 9.17) is 5.73 Å². The van der Waals surface area contributed by atoms with Crippen molar-refractivity contribution in [2.24, 2.45) is 18.2 Å². The summed E-state index contributed by atoms with van der Waals surface area (Å²) in [6.07, 6.45) is 2.82. The Morgan fingerprint density at radius 3 is 2.73 bits per heavy atom. The monoisotopic (exact) mass is 210 g/mol. The van der Waals surface area contributed by atoms with Crippen molar-refractivity contribution in [3.63, 3.8) is 0 Å².